The fourth-order valence-corrected chi connectivity index (χ4v) is 3.07. The lowest BCUT2D eigenvalue weighted by molar-refractivity contribution is 0.392. The van der Waals surface area contributed by atoms with Crippen LogP contribution in [0.15, 0.2) is 18.2 Å². The molecule has 2 aliphatic carbocycles. The van der Waals surface area contributed by atoms with Gasteiger partial charge in [-0.25, -0.2) is 0 Å². The molecule has 0 unspecified atom stereocenters. The van der Waals surface area contributed by atoms with Crippen molar-refractivity contribution in [2.45, 2.75) is 40.0 Å². The van der Waals surface area contributed by atoms with Crippen molar-refractivity contribution in [1.82, 2.24) is 0 Å². The Morgan fingerprint density at radius 1 is 1.00 bits per heavy atom. The molecule has 1 aromatic carbocycles. The highest BCUT2D eigenvalue weighted by molar-refractivity contribution is 5.73. The minimum absolute atomic E-state index is 0.481. The Kier molecular flexibility index (Phi) is 1.69. The van der Waals surface area contributed by atoms with Crippen LogP contribution in [0.4, 0.5) is 0 Å². The quantitative estimate of drug-likeness (QED) is 0.595. The van der Waals surface area contributed by atoms with Crippen LogP contribution in [-0.2, 0) is 19.3 Å². The Bertz CT molecular complexity index is 461. The van der Waals surface area contributed by atoms with Crippen LogP contribution in [0.3, 0.4) is 0 Å². The van der Waals surface area contributed by atoms with Gasteiger partial charge in [-0.15, -0.1) is 0 Å². The second-order valence-corrected chi connectivity index (χ2v) is 5.89. The Morgan fingerprint density at radius 2 is 1.67 bits per heavy atom. The van der Waals surface area contributed by atoms with E-state index in [9.17, 15) is 0 Å². The molecule has 2 aliphatic rings. The molecule has 1 aromatic rings. The van der Waals surface area contributed by atoms with E-state index in [1.54, 1.807) is 16.7 Å². The topological polar surface area (TPSA) is 0 Å². The molecule has 0 saturated carbocycles. The highest BCUT2D eigenvalue weighted by Gasteiger charge is 2.29. The first kappa shape index (κ1) is 9.21. The SMILES string of the molecule is CC1=CCc2cc3c(cc21)CC(C)(C)C3. The Morgan fingerprint density at radius 3 is 2.40 bits per heavy atom. The number of rotatable bonds is 0. The summed E-state index contributed by atoms with van der Waals surface area (Å²) in [4.78, 5) is 0. The predicted octanol–water partition coefficient (Wildman–Crippen LogP) is 3.77. The molecule has 78 valence electrons. The molecule has 0 spiro atoms. The summed E-state index contributed by atoms with van der Waals surface area (Å²) < 4.78 is 0. The Labute approximate surface area is 92.0 Å². The standard InChI is InChI=1S/C15H18/c1-10-4-5-11-6-12-8-15(2,3)9-13(12)7-14(10)11/h4,6-7H,5,8-9H2,1-3H3. The van der Waals surface area contributed by atoms with E-state index in [-0.39, 0.29) is 0 Å². The number of fused-ring (bicyclic) bond motifs is 2. The molecular weight excluding hydrogens is 180 g/mol. The molecule has 0 fully saturated rings. The summed E-state index contributed by atoms with van der Waals surface area (Å²) in [5, 5.41) is 0. The summed E-state index contributed by atoms with van der Waals surface area (Å²) in [5.74, 6) is 0. The fraction of sp³-hybridized carbons (Fsp3) is 0.467. The van der Waals surface area contributed by atoms with E-state index in [0.29, 0.717) is 5.41 Å². The maximum absolute atomic E-state index is 2.45. The van der Waals surface area contributed by atoms with Crippen molar-refractivity contribution in [3.63, 3.8) is 0 Å². The lowest BCUT2D eigenvalue weighted by Gasteiger charge is -2.14. The molecule has 0 nitrogen and oxygen atoms in total. The second-order valence-electron chi connectivity index (χ2n) is 5.89. The molecule has 0 aromatic heterocycles. The van der Waals surface area contributed by atoms with Gasteiger partial charge in [-0.2, -0.15) is 0 Å². The fourth-order valence-electron chi connectivity index (χ4n) is 3.07. The molecule has 0 saturated heterocycles. The minimum atomic E-state index is 0.481. The first-order valence-corrected chi connectivity index (χ1v) is 5.87. The first-order chi connectivity index (χ1) is 7.05. The summed E-state index contributed by atoms with van der Waals surface area (Å²) in [6.45, 7) is 6.99. The maximum Gasteiger partial charge on any atom is -0.00854 e. The zero-order valence-corrected chi connectivity index (χ0v) is 9.85. The lowest BCUT2D eigenvalue weighted by atomic mass is 9.90. The van der Waals surface area contributed by atoms with E-state index < -0.39 is 0 Å². The smallest absolute Gasteiger partial charge is 0.00854 e. The van der Waals surface area contributed by atoms with Gasteiger partial charge < -0.3 is 0 Å². The van der Waals surface area contributed by atoms with Crippen molar-refractivity contribution < 1.29 is 0 Å². The van der Waals surface area contributed by atoms with E-state index in [0.717, 1.165) is 6.42 Å². The van der Waals surface area contributed by atoms with Crippen LogP contribution in [0.5, 0.6) is 0 Å². The van der Waals surface area contributed by atoms with Crippen LogP contribution in [0.2, 0.25) is 0 Å². The molecule has 0 aliphatic heterocycles. The highest BCUT2D eigenvalue weighted by Crippen LogP contribution is 2.40. The molecule has 15 heavy (non-hydrogen) atoms. The van der Waals surface area contributed by atoms with E-state index in [1.165, 1.54) is 24.0 Å². The van der Waals surface area contributed by atoms with Gasteiger partial charge in [-0.3, -0.25) is 0 Å². The maximum atomic E-state index is 2.45. The van der Waals surface area contributed by atoms with Gasteiger partial charge in [0.15, 0.2) is 0 Å². The summed E-state index contributed by atoms with van der Waals surface area (Å²) in [6, 6.07) is 4.89. The normalized spacial score (nSPS) is 21.1. The second kappa shape index (κ2) is 2.75. The van der Waals surface area contributed by atoms with E-state index in [2.05, 4.69) is 39.0 Å². The Balaban J connectivity index is 2.11. The third kappa shape index (κ3) is 1.35. The molecule has 3 rings (SSSR count). The van der Waals surface area contributed by atoms with Crippen LogP contribution in [0, 0.1) is 5.41 Å². The molecule has 0 N–H and O–H groups in total. The average molecular weight is 198 g/mol. The van der Waals surface area contributed by atoms with Crippen LogP contribution in [0.1, 0.15) is 43.0 Å². The zero-order chi connectivity index (χ0) is 10.6. The van der Waals surface area contributed by atoms with Crippen LogP contribution in [0.25, 0.3) is 5.57 Å². The third-order valence-corrected chi connectivity index (χ3v) is 3.82. The Hall–Kier alpha value is -1.04. The van der Waals surface area contributed by atoms with Crippen molar-refractivity contribution in [2.24, 2.45) is 5.41 Å². The van der Waals surface area contributed by atoms with Crippen molar-refractivity contribution >= 4 is 5.57 Å². The lowest BCUT2D eigenvalue weighted by Crippen LogP contribution is -2.09. The average Bonchev–Trinajstić information content (AvgIpc) is 2.62. The summed E-state index contributed by atoms with van der Waals surface area (Å²) in [5.41, 5.74) is 8.19. The van der Waals surface area contributed by atoms with Crippen molar-refractivity contribution in [3.8, 4) is 0 Å². The monoisotopic (exact) mass is 198 g/mol. The van der Waals surface area contributed by atoms with Gasteiger partial charge in [-0.05, 0) is 59.4 Å². The van der Waals surface area contributed by atoms with Gasteiger partial charge in [0.1, 0.15) is 0 Å². The van der Waals surface area contributed by atoms with Crippen LogP contribution >= 0.6 is 0 Å². The largest absolute Gasteiger partial charge is 0.0766 e. The number of hydrogen-bond donors (Lipinski definition) is 0. The van der Waals surface area contributed by atoms with Gasteiger partial charge in [0.2, 0.25) is 0 Å². The van der Waals surface area contributed by atoms with Gasteiger partial charge in [-0.1, -0.05) is 32.1 Å². The van der Waals surface area contributed by atoms with Crippen molar-refractivity contribution in [3.05, 3.63) is 40.5 Å². The first-order valence-electron chi connectivity index (χ1n) is 5.87. The number of allylic oxidation sites excluding steroid dienone is 2. The molecule has 0 radical (unpaired) electrons. The molecule has 0 heterocycles. The molecule has 0 bridgehead atoms. The van der Waals surface area contributed by atoms with E-state index in [4.69, 9.17) is 0 Å². The number of benzene rings is 1. The van der Waals surface area contributed by atoms with Crippen LogP contribution < -0.4 is 0 Å². The van der Waals surface area contributed by atoms with E-state index >= 15 is 0 Å². The van der Waals surface area contributed by atoms with Crippen molar-refractivity contribution in [1.29, 1.82) is 0 Å². The summed E-state index contributed by atoms with van der Waals surface area (Å²) in [6.07, 6.45) is 6.01. The molecule has 0 atom stereocenters. The summed E-state index contributed by atoms with van der Waals surface area (Å²) >= 11 is 0. The van der Waals surface area contributed by atoms with Crippen molar-refractivity contribution in [2.75, 3.05) is 0 Å². The summed E-state index contributed by atoms with van der Waals surface area (Å²) in [7, 11) is 0. The van der Waals surface area contributed by atoms with Gasteiger partial charge >= 0.3 is 0 Å². The molecule has 0 heteroatoms. The number of hydrogen-bond acceptors (Lipinski definition) is 0. The van der Waals surface area contributed by atoms with Crippen LogP contribution in [-0.4, -0.2) is 0 Å². The van der Waals surface area contributed by atoms with Gasteiger partial charge in [0.05, 0.1) is 0 Å². The van der Waals surface area contributed by atoms with E-state index in [1.807, 2.05) is 0 Å². The third-order valence-electron chi connectivity index (χ3n) is 3.82. The minimum Gasteiger partial charge on any atom is -0.0766 e. The van der Waals surface area contributed by atoms with Gasteiger partial charge in [0, 0.05) is 0 Å². The molecular formula is C15H18. The van der Waals surface area contributed by atoms with Gasteiger partial charge in [0.25, 0.3) is 0 Å². The highest BCUT2D eigenvalue weighted by atomic mass is 14.3. The zero-order valence-electron chi connectivity index (χ0n) is 9.85. The predicted molar refractivity (Wildman–Crippen MR) is 65.0 cm³/mol. The molecule has 0 amide bonds.